The summed E-state index contributed by atoms with van der Waals surface area (Å²) in [5.41, 5.74) is 2.01. The van der Waals surface area contributed by atoms with E-state index in [1.54, 1.807) is 0 Å². The largest absolute Gasteiger partial charge is 0.389 e. The zero-order chi connectivity index (χ0) is 17.0. The molecule has 1 saturated heterocycles. The lowest BCUT2D eigenvalue weighted by Crippen LogP contribution is -2.35. The van der Waals surface area contributed by atoms with Crippen molar-refractivity contribution in [3.8, 4) is 0 Å². The van der Waals surface area contributed by atoms with E-state index in [9.17, 15) is 9.90 Å². The van der Waals surface area contributed by atoms with Crippen LogP contribution < -0.4 is 0 Å². The Labute approximate surface area is 139 Å². The van der Waals surface area contributed by atoms with Gasteiger partial charge in [0.25, 0.3) is 0 Å². The van der Waals surface area contributed by atoms with Crippen LogP contribution in [0.15, 0.2) is 36.0 Å². The van der Waals surface area contributed by atoms with Crippen LogP contribution in [0.4, 0.5) is 0 Å². The minimum Gasteiger partial charge on any atom is -0.389 e. The van der Waals surface area contributed by atoms with Gasteiger partial charge in [-0.3, -0.25) is 4.79 Å². The van der Waals surface area contributed by atoms with Crippen LogP contribution in [0.3, 0.4) is 0 Å². The number of aliphatic hydroxyl groups excluding tert-OH is 1. The van der Waals surface area contributed by atoms with Gasteiger partial charge in [0.15, 0.2) is 5.78 Å². The van der Waals surface area contributed by atoms with Crippen LogP contribution in [0, 0.1) is 11.3 Å². The molecule has 0 amide bonds. The summed E-state index contributed by atoms with van der Waals surface area (Å²) < 4.78 is 5.74. The van der Waals surface area contributed by atoms with Gasteiger partial charge in [-0.1, -0.05) is 33.1 Å². The number of epoxide rings is 1. The fraction of sp³-hybridized carbons (Fsp3) is 0.650. The smallest absolute Gasteiger partial charge is 0.194 e. The van der Waals surface area contributed by atoms with Crippen LogP contribution in [0.25, 0.3) is 0 Å². The van der Waals surface area contributed by atoms with Gasteiger partial charge in [0.05, 0.1) is 6.10 Å². The first-order valence-corrected chi connectivity index (χ1v) is 8.67. The van der Waals surface area contributed by atoms with Gasteiger partial charge in [-0.25, -0.2) is 0 Å². The van der Waals surface area contributed by atoms with E-state index in [0.29, 0.717) is 18.8 Å². The first kappa shape index (κ1) is 16.7. The minimum absolute atomic E-state index is 0.0736. The summed E-state index contributed by atoms with van der Waals surface area (Å²) in [5.74, 6) is 0.496. The summed E-state index contributed by atoms with van der Waals surface area (Å²) in [6, 6.07) is 0. The molecule has 3 rings (SSSR count). The molecule has 2 aliphatic carbocycles. The van der Waals surface area contributed by atoms with Crippen LogP contribution >= 0.6 is 0 Å². The fourth-order valence-corrected chi connectivity index (χ4v) is 4.04. The fourth-order valence-electron chi connectivity index (χ4n) is 4.04. The molecule has 0 aromatic carbocycles. The number of hydrogen-bond donors (Lipinski definition) is 1. The van der Waals surface area contributed by atoms with Gasteiger partial charge < -0.3 is 9.84 Å². The highest BCUT2D eigenvalue weighted by Crippen LogP contribution is 2.51. The monoisotopic (exact) mass is 316 g/mol. The number of fused-ring (bicyclic) bond motifs is 3. The van der Waals surface area contributed by atoms with Crippen LogP contribution in [-0.4, -0.2) is 28.7 Å². The molecule has 1 saturated carbocycles. The molecule has 1 aliphatic heterocycles. The zero-order valence-electron chi connectivity index (χ0n) is 14.5. The average molecular weight is 316 g/mol. The van der Waals surface area contributed by atoms with Crippen molar-refractivity contribution >= 4 is 5.78 Å². The number of ketones is 1. The van der Waals surface area contributed by atoms with Crippen molar-refractivity contribution in [2.75, 3.05) is 0 Å². The molecule has 1 heterocycles. The van der Waals surface area contributed by atoms with Crippen LogP contribution in [-0.2, 0) is 9.53 Å². The second kappa shape index (κ2) is 5.42. The Morgan fingerprint density at radius 1 is 1.30 bits per heavy atom. The van der Waals surface area contributed by atoms with E-state index in [1.807, 2.05) is 6.92 Å². The first-order chi connectivity index (χ1) is 10.7. The number of ether oxygens (including phenoxy) is 1. The second-order valence-corrected chi connectivity index (χ2v) is 8.04. The number of hydrogen-bond acceptors (Lipinski definition) is 3. The molecule has 0 aromatic rings. The summed E-state index contributed by atoms with van der Waals surface area (Å²) in [5, 5.41) is 10.3. The normalized spacial score (nSPS) is 44.8. The van der Waals surface area contributed by atoms with Gasteiger partial charge in [-0.15, -0.1) is 0 Å². The van der Waals surface area contributed by atoms with E-state index in [-0.39, 0.29) is 17.3 Å². The van der Waals surface area contributed by atoms with E-state index < -0.39 is 11.7 Å². The highest BCUT2D eigenvalue weighted by atomic mass is 16.6. The SMILES string of the molecule is C=C1CC[C@]2(C)C(=C)C(=CC[C@H]2C)C(=O)[C@H]2O[C@]2(C)CC[C@@H]1O. The molecule has 3 nitrogen and oxygen atoms in total. The minimum atomic E-state index is -0.517. The Balaban J connectivity index is 1.96. The molecule has 0 aromatic heterocycles. The lowest BCUT2D eigenvalue weighted by molar-refractivity contribution is -0.116. The van der Waals surface area contributed by atoms with E-state index >= 15 is 0 Å². The molecule has 2 bridgehead atoms. The maximum absolute atomic E-state index is 12.9. The highest BCUT2D eigenvalue weighted by Gasteiger charge is 2.58. The van der Waals surface area contributed by atoms with Gasteiger partial charge in [0.2, 0.25) is 0 Å². The molecule has 1 N–H and O–H groups in total. The van der Waals surface area contributed by atoms with E-state index in [0.717, 1.165) is 36.0 Å². The maximum atomic E-state index is 12.9. The number of rotatable bonds is 0. The number of Topliss-reactive ketones (excluding diaryl/α,β-unsaturated/α-hetero) is 1. The molecule has 0 radical (unpaired) electrons. The third-order valence-corrected chi connectivity index (χ3v) is 6.52. The van der Waals surface area contributed by atoms with Gasteiger partial charge in [0.1, 0.15) is 11.7 Å². The summed E-state index contributed by atoms with van der Waals surface area (Å²) in [4.78, 5) is 12.9. The van der Waals surface area contributed by atoms with Crippen molar-refractivity contribution in [1.29, 1.82) is 0 Å². The van der Waals surface area contributed by atoms with E-state index in [4.69, 9.17) is 4.74 Å². The highest BCUT2D eigenvalue weighted by molar-refractivity contribution is 6.05. The third kappa shape index (κ3) is 2.64. The Bertz CT molecular complexity index is 602. The van der Waals surface area contributed by atoms with Crippen molar-refractivity contribution in [3.63, 3.8) is 0 Å². The number of carbonyl (C=O) groups is 1. The number of aliphatic hydroxyl groups is 1. The number of carbonyl (C=O) groups excluding carboxylic acids is 1. The van der Waals surface area contributed by atoms with Crippen molar-refractivity contribution in [1.82, 2.24) is 0 Å². The zero-order valence-corrected chi connectivity index (χ0v) is 14.5. The molecule has 23 heavy (non-hydrogen) atoms. The maximum Gasteiger partial charge on any atom is 0.194 e. The molecular formula is C20H28O3. The standard InChI is InChI=1S/C20H28O3/c1-12-8-10-19(4)13(2)6-7-15(14(19)3)17(22)18-20(5,23-18)11-9-16(12)21/h7,13,16,18,21H,1,3,6,8-11H2,2,4-5H3/t13-,16+,18-,19+,20-/m1/s1. The molecule has 2 fully saturated rings. The Kier molecular flexibility index (Phi) is 3.93. The van der Waals surface area contributed by atoms with Crippen molar-refractivity contribution < 1.29 is 14.6 Å². The Morgan fingerprint density at radius 3 is 2.70 bits per heavy atom. The molecule has 3 heteroatoms. The van der Waals surface area contributed by atoms with Gasteiger partial charge >= 0.3 is 0 Å². The van der Waals surface area contributed by atoms with Gasteiger partial charge in [-0.05, 0) is 61.5 Å². The van der Waals surface area contributed by atoms with Gasteiger partial charge in [-0.2, -0.15) is 0 Å². The molecular weight excluding hydrogens is 288 g/mol. The lowest BCUT2D eigenvalue weighted by Gasteiger charge is -2.42. The predicted molar refractivity (Wildman–Crippen MR) is 91.0 cm³/mol. The molecule has 126 valence electrons. The van der Waals surface area contributed by atoms with Gasteiger partial charge in [0, 0.05) is 5.57 Å². The quantitative estimate of drug-likeness (QED) is 0.547. The Hall–Kier alpha value is -1.19. The summed E-state index contributed by atoms with van der Waals surface area (Å²) in [6.45, 7) is 14.7. The molecule has 0 unspecified atom stereocenters. The number of allylic oxidation sites excluding steroid dienone is 2. The summed E-state index contributed by atoms with van der Waals surface area (Å²) in [6.07, 6.45) is 4.95. The average Bonchev–Trinajstić information content (AvgIpc) is 3.19. The molecule has 0 spiro atoms. The van der Waals surface area contributed by atoms with Crippen molar-refractivity contribution in [2.24, 2.45) is 11.3 Å². The first-order valence-electron chi connectivity index (χ1n) is 8.67. The van der Waals surface area contributed by atoms with E-state index in [1.165, 1.54) is 0 Å². The molecule has 3 aliphatic rings. The van der Waals surface area contributed by atoms with Crippen molar-refractivity contribution in [2.45, 2.75) is 70.7 Å². The lowest BCUT2D eigenvalue weighted by atomic mass is 9.62. The topological polar surface area (TPSA) is 49.8 Å². The summed E-state index contributed by atoms with van der Waals surface area (Å²) >= 11 is 0. The second-order valence-electron chi connectivity index (χ2n) is 8.04. The molecule has 5 atom stereocenters. The Morgan fingerprint density at radius 2 is 2.00 bits per heavy atom. The summed E-state index contributed by atoms with van der Waals surface area (Å²) in [7, 11) is 0. The van der Waals surface area contributed by atoms with Crippen molar-refractivity contribution in [3.05, 3.63) is 36.0 Å². The third-order valence-electron chi connectivity index (χ3n) is 6.52. The van der Waals surface area contributed by atoms with Crippen LogP contribution in [0.1, 0.15) is 52.9 Å². The van der Waals surface area contributed by atoms with E-state index in [2.05, 4.69) is 33.1 Å². The van der Waals surface area contributed by atoms with Crippen LogP contribution in [0.2, 0.25) is 0 Å². The predicted octanol–water partition coefficient (Wildman–Crippen LogP) is 3.73. The van der Waals surface area contributed by atoms with Crippen LogP contribution in [0.5, 0.6) is 0 Å².